The van der Waals surface area contributed by atoms with Crippen LogP contribution in [0, 0.1) is 5.82 Å². The Morgan fingerprint density at radius 2 is 2.12 bits per heavy atom. The molecule has 16 heavy (non-hydrogen) atoms. The maximum absolute atomic E-state index is 13.5. The molecule has 0 bridgehead atoms. The molecule has 0 fully saturated rings. The third kappa shape index (κ3) is 3.42. The number of likely N-dealkylation sites (N-methyl/N-ethyl adjacent to an activating group) is 1. The molecule has 0 aromatic carbocycles. The summed E-state index contributed by atoms with van der Waals surface area (Å²) in [5.41, 5.74) is -0.0544. The minimum absolute atomic E-state index is 0.0544. The number of hydrogen-bond acceptors (Lipinski definition) is 3. The van der Waals surface area contributed by atoms with Crippen LogP contribution >= 0.6 is 15.9 Å². The third-order valence-electron chi connectivity index (χ3n) is 2.71. The maximum atomic E-state index is 13.5. The smallest absolute Gasteiger partial charge is 0.166 e. The molecule has 0 aliphatic rings. The first kappa shape index (κ1) is 13.4. The van der Waals surface area contributed by atoms with Crippen LogP contribution in [0.3, 0.4) is 0 Å². The molecule has 1 N–H and O–H groups in total. The lowest BCUT2D eigenvalue weighted by atomic mass is 10.0. The molecular weight excluding hydrogens is 273 g/mol. The zero-order chi connectivity index (χ0) is 12.3. The van der Waals surface area contributed by atoms with E-state index in [1.807, 2.05) is 14.1 Å². The largest absolute Gasteiger partial charge is 0.366 e. The quantitative estimate of drug-likeness (QED) is 0.924. The van der Waals surface area contributed by atoms with Gasteiger partial charge >= 0.3 is 0 Å². The van der Waals surface area contributed by atoms with Gasteiger partial charge in [0.2, 0.25) is 0 Å². The van der Waals surface area contributed by atoms with E-state index in [2.05, 4.69) is 45.0 Å². The summed E-state index contributed by atoms with van der Waals surface area (Å²) in [5.74, 6) is -0.0537. The number of aromatic nitrogens is 1. The number of pyridine rings is 1. The average Bonchev–Trinajstić information content (AvgIpc) is 2.16. The Hall–Kier alpha value is -0.680. The standard InChI is InChI=1S/C11H17BrFN3/c1-11(2,16(3)4)7-15-10-9(13)5-8(12)6-14-10/h5-6H,7H2,1-4H3,(H,14,15). The highest BCUT2D eigenvalue weighted by Crippen LogP contribution is 2.17. The fourth-order valence-corrected chi connectivity index (χ4v) is 1.31. The Morgan fingerprint density at radius 1 is 1.50 bits per heavy atom. The minimum Gasteiger partial charge on any atom is -0.366 e. The lowest BCUT2D eigenvalue weighted by molar-refractivity contribution is 0.209. The van der Waals surface area contributed by atoms with Gasteiger partial charge in [-0.15, -0.1) is 0 Å². The highest BCUT2D eigenvalue weighted by atomic mass is 79.9. The number of hydrogen-bond donors (Lipinski definition) is 1. The lowest BCUT2D eigenvalue weighted by Gasteiger charge is -2.32. The molecule has 0 saturated carbocycles. The van der Waals surface area contributed by atoms with E-state index < -0.39 is 0 Å². The fourth-order valence-electron chi connectivity index (χ4n) is 1.00. The predicted octanol–water partition coefficient (Wildman–Crippen LogP) is 2.74. The second kappa shape index (κ2) is 5.10. The van der Waals surface area contributed by atoms with Gasteiger partial charge in [-0.3, -0.25) is 0 Å². The first-order chi connectivity index (χ1) is 7.33. The molecule has 1 aromatic heterocycles. The molecule has 0 spiro atoms. The van der Waals surface area contributed by atoms with Crippen molar-refractivity contribution in [2.45, 2.75) is 19.4 Å². The number of rotatable bonds is 4. The van der Waals surface area contributed by atoms with E-state index in [1.165, 1.54) is 6.07 Å². The summed E-state index contributed by atoms with van der Waals surface area (Å²) in [4.78, 5) is 6.07. The topological polar surface area (TPSA) is 28.2 Å². The Bertz CT molecular complexity index is 366. The van der Waals surface area contributed by atoms with E-state index in [0.29, 0.717) is 11.0 Å². The summed E-state index contributed by atoms with van der Waals surface area (Å²) in [6.07, 6.45) is 1.58. The second-order valence-electron chi connectivity index (χ2n) is 4.54. The van der Waals surface area contributed by atoms with Crippen molar-refractivity contribution in [3.63, 3.8) is 0 Å². The normalized spacial score (nSPS) is 11.9. The van der Waals surface area contributed by atoms with Crippen molar-refractivity contribution in [2.24, 2.45) is 0 Å². The van der Waals surface area contributed by atoms with Crippen LogP contribution in [0.5, 0.6) is 0 Å². The lowest BCUT2D eigenvalue weighted by Crippen LogP contribution is -2.44. The third-order valence-corrected chi connectivity index (χ3v) is 3.14. The zero-order valence-electron chi connectivity index (χ0n) is 10.0. The summed E-state index contributed by atoms with van der Waals surface area (Å²) in [7, 11) is 3.99. The second-order valence-corrected chi connectivity index (χ2v) is 5.46. The van der Waals surface area contributed by atoms with Gasteiger partial charge in [-0.05, 0) is 49.9 Å². The molecule has 1 aromatic rings. The van der Waals surface area contributed by atoms with Crippen LogP contribution in [-0.4, -0.2) is 36.1 Å². The molecule has 3 nitrogen and oxygen atoms in total. The van der Waals surface area contributed by atoms with Crippen molar-refractivity contribution < 1.29 is 4.39 Å². The molecule has 0 radical (unpaired) electrons. The predicted molar refractivity (Wildman–Crippen MR) is 68.2 cm³/mol. The summed E-state index contributed by atoms with van der Waals surface area (Å²) >= 11 is 3.17. The average molecular weight is 290 g/mol. The number of nitrogens with one attached hydrogen (secondary N) is 1. The Morgan fingerprint density at radius 3 is 2.62 bits per heavy atom. The van der Waals surface area contributed by atoms with Gasteiger partial charge in [-0.1, -0.05) is 0 Å². The van der Waals surface area contributed by atoms with Crippen LogP contribution in [0.1, 0.15) is 13.8 Å². The minimum atomic E-state index is -0.344. The van der Waals surface area contributed by atoms with Crippen LogP contribution in [0.4, 0.5) is 10.2 Å². The Labute approximate surface area is 104 Å². The van der Waals surface area contributed by atoms with Gasteiger partial charge in [0.1, 0.15) is 0 Å². The highest BCUT2D eigenvalue weighted by Gasteiger charge is 2.20. The molecule has 0 unspecified atom stereocenters. The Balaban J connectivity index is 2.68. The van der Waals surface area contributed by atoms with E-state index in [1.54, 1.807) is 6.20 Å². The highest BCUT2D eigenvalue weighted by molar-refractivity contribution is 9.10. The van der Waals surface area contributed by atoms with E-state index in [4.69, 9.17) is 0 Å². The summed E-state index contributed by atoms with van der Waals surface area (Å²) < 4.78 is 14.1. The van der Waals surface area contributed by atoms with E-state index >= 15 is 0 Å². The first-order valence-corrected chi connectivity index (χ1v) is 5.84. The van der Waals surface area contributed by atoms with Crippen LogP contribution in [0.15, 0.2) is 16.7 Å². The maximum Gasteiger partial charge on any atom is 0.166 e. The van der Waals surface area contributed by atoms with E-state index in [9.17, 15) is 4.39 Å². The summed E-state index contributed by atoms with van der Waals surface area (Å²) in [6, 6.07) is 1.40. The molecule has 0 atom stereocenters. The van der Waals surface area contributed by atoms with Gasteiger partial charge in [0.05, 0.1) is 0 Å². The van der Waals surface area contributed by atoms with Crippen LogP contribution in [0.25, 0.3) is 0 Å². The summed E-state index contributed by atoms with van der Waals surface area (Å²) in [6.45, 7) is 4.79. The molecule has 5 heteroatoms. The molecule has 0 aliphatic carbocycles. The molecule has 0 aliphatic heterocycles. The number of halogens is 2. The van der Waals surface area contributed by atoms with Gasteiger partial charge < -0.3 is 10.2 Å². The Kier molecular flexibility index (Phi) is 4.27. The molecule has 0 saturated heterocycles. The molecule has 0 amide bonds. The van der Waals surface area contributed by atoms with Crippen molar-refractivity contribution in [1.29, 1.82) is 0 Å². The molecule has 90 valence electrons. The SMILES string of the molecule is CN(C)C(C)(C)CNc1ncc(Br)cc1F. The monoisotopic (exact) mass is 289 g/mol. The van der Waals surface area contributed by atoms with Gasteiger partial charge in [0, 0.05) is 22.8 Å². The van der Waals surface area contributed by atoms with Gasteiger partial charge in [-0.2, -0.15) is 0 Å². The van der Waals surface area contributed by atoms with Crippen molar-refractivity contribution in [3.8, 4) is 0 Å². The van der Waals surface area contributed by atoms with E-state index in [0.717, 1.165) is 0 Å². The van der Waals surface area contributed by atoms with Crippen LogP contribution in [0.2, 0.25) is 0 Å². The molecule has 1 heterocycles. The van der Waals surface area contributed by atoms with Crippen LogP contribution < -0.4 is 5.32 Å². The first-order valence-electron chi connectivity index (χ1n) is 5.05. The fraction of sp³-hybridized carbons (Fsp3) is 0.545. The van der Waals surface area contributed by atoms with Gasteiger partial charge in [0.25, 0.3) is 0 Å². The van der Waals surface area contributed by atoms with E-state index in [-0.39, 0.29) is 17.2 Å². The molecular formula is C11H17BrFN3. The summed E-state index contributed by atoms with van der Waals surface area (Å²) in [5, 5.41) is 3.01. The van der Waals surface area contributed by atoms with Crippen molar-refractivity contribution in [3.05, 3.63) is 22.6 Å². The van der Waals surface area contributed by atoms with Crippen molar-refractivity contribution in [1.82, 2.24) is 9.88 Å². The molecule has 1 rings (SSSR count). The van der Waals surface area contributed by atoms with Crippen molar-refractivity contribution >= 4 is 21.7 Å². The van der Waals surface area contributed by atoms with Crippen molar-refractivity contribution in [2.75, 3.05) is 26.0 Å². The van der Waals surface area contributed by atoms with Crippen LogP contribution in [-0.2, 0) is 0 Å². The zero-order valence-corrected chi connectivity index (χ0v) is 11.6. The number of anilines is 1. The number of nitrogens with zero attached hydrogens (tertiary/aromatic N) is 2. The van der Waals surface area contributed by atoms with Gasteiger partial charge in [-0.25, -0.2) is 9.37 Å². The van der Waals surface area contributed by atoms with Gasteiger partial charge in [0.15, 0.2) is 11.6 Å².